The second-order valence-corrected chi connectivity index (χ2v) is 3.17. The van der Waals surface area contributed by atoms with Crippen molar-refractivity contribution in [3.05, 3.63) is 28.8 Å². The maximum Gasteiger partial charge on any atom is 0.234 e. The van der Waals surface area contributed by atoms with E-state index < -0.39 is 0 Å². The molecule has 0 bridgehead atoms. The smallest absolute Gasteiger partial charge is 0.234 e. The Morgan fingerprint density at radius 1 is 1.57 bits per heavy atom. The van der Waals surface area contributed by atoms with E-state index in [1.807, 2.05) is 0 Å². The number of benzene rings is 1. The molecule has 0 saturated carbocycles. The first-order valence-corrected chi connectivity index (χ1v) is 4.45. The van der Waals surface area contributed by atoms with Gasteiger partial charge in [-0.15, -0.1) is 0 Å². The lowest BCUT2D eigenvalue weighted by Crippen LogP contribution is -2.29. The Morgan fingerprint density at radius 3 is 2.86 bits per heavy atom. The molecular formula is C9H11ClN2O2. The van der Waals surface area contributed by atoms with Crippen LogP contribution >= 0.6 is 11.6 Å². The van der Waals surface area contributed by atoms with Gasteiger partial charge in [0.2, 0.25) is 5.91 Å². The van der Waals surface area contributed by atoms with Crippen molar-refractivity contribution in [3.8, 4) is 5.75 Å². The van der Waals surface area contributed by atoms with Crippen LogP contribution in [0.4, 0.5) is 0 Å². The number of phenolic OH excluding ortho intramolecular Hbond substituents is 1. The number of carbonyl (C=O) groups excluding carboxylic acids is 1. The number of nitrogens with one attached hydrogen (secondary N) is 1. The van der Waals surface area contributed by atoms with E-state index >= 15 is 0 Å². The summed E-state index contributed by atoms with van der Waals surface area (Å²) < 4.78 is 0. The molecule has 1 aromatic carbocycles. The molecule has 0 unspecified atom stereocenters. The zero-order valence-corrected chi connectivity index (χ0v) is 8.21. The summed E-state index contributed by atoms with van der Waals surface area (Å²) in [5, 5.41) is 12.0. The standard InChI is InChI=1S/C9H11ClN2O2/c10-7-3-6(1-2-8(7)13)5-12-9(14)4-11/h1-3,13H,4-5,11H2,(H,12,14). The van der Waals surface area contributed by atoms with Gasteiger partial charge in [-0.3, -0.25) is 4.79 Å². The molecule has 1 aromatic rings. The molecule has 0 aliphatic carbocycles. The van der Waals surface area contributed by atoms with E-state index in [2.05, 4.69) is 5.32 Å². The molecule has 0 spiro atoms. The Hall–Kier alpha value is -1.26. The lowest BCUT2D eigenvalue weighted by atomic mass is 10.2. The Bertz CT molecular complexity index is 342. The van der Waals surface area contributed by atoms with E-state index in [0.717, 1.165) is 5.56 Å². The van der Waals surface area contributed by atoms with Crippen LogP contribution in [0.2, 0.25) is 5.02 Å². The van der Waals surface area contributed by atoms with Gasteiger partial charge in [0.25, 0.3) is 0 Å². The summed E-state index contributed by atoms with van der Waals surface area (Å²) in [6.45, 7) is 0.321. The summed E-state index contributed by atoms with van der Waals surface area (Å²) in [4.78, 5) is 10.8. The Morgan fingerprint density at radius 2 is 2.29 bits per heavy atom. The van der Waals surface area contributed by atoms with E-state index in [9.17, 15) is 4.79 Å². The number of nitrogens with two attached hydrogens (primary N) is 1. The van der Waals surface area contributed by atoms with Gasteiger partial charge in [0, 0.05) is 6.54 Å². The van der Waals surface area contributed by atoms with Gasteiger partial charge < -0.3 is 16.2 Å². The molecule has 0 fully saturated rings. The highest BCUT2D eigenvalue weighted by Crippen LogP contribution is 2.23. The first-order chi connectivity index (χ1) is 6.63. The fourth-order valence-electron chi connectivity index (χ4n) is 0.933. The number of hydrogen-bond acceptors (Lipinski definition) is 3. The first-order valence-electron chi connectivity index (χ1n) is 4.07. The molecule has 1 amide bonds. The van der Waals surface area contributed by atoms with Crippen LogP contribution in [0.5, 0.6) is 5.75 Å². The van der Waals surface area contributed by atoms with Crippen LogP contribution in [-0.4, -0.2) is 17.6 Å². The van der Waals surface area contributed by atoms with Crippen molar-refractivity contribution in [2.75, 3.05) is 6.54 Å². The molecule has 0 radical (unpaired) electrons. The number of carbonyl (C=O) groups is 1. The van der Waals surface area contributed by atoms with E-state index in [1.54, 1.807) is 12.1 Å². The second-order valence-electron chi connectivity index (χ2n) is 2.77. The zero-order valence-electron chi connectivity index (χ0n) is 7.46. The van der Waals surface area contributed by atoms with Gasteiger partial charge >= 0.3 is 0 Å². The summed E-state index contributed by atoms with van der Waals surface area (Å²) in [6.07, 6.45) is 0. The van der Waals surface area contributed by atoms with Gasteiger partial charge in [-0.2, -0.15) is 0 Å². The lowest BCUT2D eigenvalue weighted by molar-refractivity contribution is -0.119. The zero-order chi connectivity index (χ0) is 10.6. The molecule has 0 aliphatic rings. The highest BCUT2D eigenvalue weighted by Gasteiger charge is 2.01. The van der Waals surface area contributed by atoms with Crippen molar-refractivity contribution in [2.45, 2.75) is 6.54 Å². The van der Waals surface area contributed by atoms with Gasteiger partial charge in [-0.25, -0.2) is 0 Å². The number of rotatable bonds is 3. The van der Waals surface area contributed by atoms with E-state index in [1.165, 1.54) is 6.07 Å². The second kappa shape index (κ2) is 4.83. The largest absolute Gasteiger partial charge is 0.506 e. The van der Waals surface area contributed by atoms with Gasteiger partial charge in [-0.1, -0.05) is 17.7 Å². The SMILES string of the molecule is NCC(=O)NCc1ccc(O)c(Cl)c1. The molecule has 0 saturated heterocycles. The van der Waals surface area contributed by atoms with Gasteiger partial charge in [0.15, 0.2) is 0 Å². The molecule has 0 aliphatic heterocycles. The van der Waals surface area contributed by atoms with E-state index in [0.29, 0.717) is 6.54 Å². The first kappa shape index (κ1) is 10.8. The number of halogens is 1. The summed E-state index contributed by atoms with van der Waals surface area (Å²) >= 11 is 5.68. The van der Waals surface area contributed by atoms with Crippen molar-refractivity contribution in [1.29, 1.82) is 0 Å². The van der Waals surface area contributed by atoms with Crippen LogP contribution in [-0.2, 0) is 11.3 Å². The average Bonchev–Trinajstić information content (AvgIpc) is 2.19. The molecule has 1 rings (SSSR count). The molecule has 4 nitrogen and oxygen atoms in total. The molecule has 4 N–H and O–H groups in total. The molecule has 5 heteroatoms. The number of phenols is 1. The highest BCUT2D eigenvalue weighted by molar-refractivity contribution is 6.32. The van der Waals surface area contributed by atoms with Gasteiger partial charge in [0.1, 0.15) is 5.75 Å². The van der Waals surface area contributed by atoms with Crippen LogP contribution < -0.4 is 11.1 Å². The lowest BCUT2D eigenvalue weighted by Gasteiger charge is -2.04. The number of hydrogen-bond donors (Lipinski definition) is 3. The third-order valence-corrected chi connectivity index (χ3v) is 1.99. The van der Waals surface area contributed by atoms with Crippen LogP contribution in [0.25, 0.3) is 0 Å². The highest BCUT2D eigenvalue weighted by atomic mass is 35.5. The molecule has 0 heterocycles. The van der Waals surface area contributed by atoms with E-state index in [-0.39, 0.29) is 23.2 Å². The summed E-state index contributed by atoms with van der Waals surface area (Å²) in [5.74, 6) is -0.199. The monoisotopic (exact) mass is 214 g/mol. The fourth-order valence-corrected chi connectivity index (χ4v) is 1.14. The molecular weight excluding hydrogens is 204 g/mol. The fraction of sp³-hybridized carbons (Fsp3) is 0.222. The van der Waals surface area contributed by atoms with Crippen molar-refractivity contribution >= 4 is 17.5 Å². The maximum absolute atomic E-state index is 10.8. The maximum atomic E-state index is 10.8. The van der Waals surface area contributed by atoms with Crippen LogP contribution in [0.3, 0.4) is 0 Å². The Kier molecular flexibility index (Phi) is 3.73. The quantitative estimate of drug-likeness (QED) is 0.691. The number of amides is 1. The van der Waals surface area contributed by atoms with Crippen molar-refractivity contribution in [3.63, 3.8) is 0 Å². The third-order valence-electron chi connectivity index (χ3n) is 1.69. The van der Waals surface area contributed by atoms with Crippen molar-refractivity contribution in [1.82, 2.24) is 5.32 Å². The predicted octanol–water partition coefficient (Wildman–Crippen LogP) is 0.621. The number of aromatic hydroxyl groups is 1. The Labute approximate surface area is 86.7 Å². The van der Waals surface area contributed by atoms with Crippen LogP contribution in [0.15, 0.2) is 18.2 Å². The van der Waals surface area contributed by atoms with Crippen LogP contribution in [0, 0.1) is 0 Å². The minimum Gasteiger partial charge on any atom is -0.506 e. The van der Waals surface area contributed by atoms with Crippen molar-refractivity contribution < 1.29 is 9.90 Å². The summed E-state index contributed by atoms with van der Waals surface area (Å²) in [5.41, 5.74) is 5.93. The molecule has 0 aromatic heterocycles. The Balaban J connectivity index is 2.60. The normalized spacial score (nSPS) is 9.86. The average molecular weight is 215 g/mol. The van der Waals surface area contributed by atoms with Crippen LogP contribution in [0.1, 0.15) is 5.56 Å². The molecule has 14 heavy (non-hydrogen) atoms. The van der Waals surface area contributed by atoms with E-state index in [4.69, 9.17) is 22.4 Å². The predicted molar refractivity (Wildman–Crippen MR) is 54.0 cm³/mol. The van der Waals surface area contributed by atoms with Crippen molar-refractivity contribution in [2.24, 2.45) is 5.73 Å². The molecule has 76 valence electrons. The topological polar surface area (TPSA) is 75.4 Å². The summed E-state index contributed by atoms with van der Waals surface area (Å²) in [7, 11) is 0. The minimum absolute atomic E-state index is 0.0283. The minimum atomic E-state index is -0.228. The summed E-state index contributed by atoms with van der Waals surface area (Å²) in [6, 6.07) is 4.75. The molecule has 0 atom stereocenters. The third kappa shape index (κ3) is 2.90. The van der Waals surface area contributed by atoms with Gasteiger partial charge in [0.05, 0.1) is 11.6 Å². The van der Waals surface area contributed by atoms with Gasteiger partial charge in [-0.05, 0) is 17.7 Å².